The average Bonchev–Trinajstić information content (AvgIpc) is 2.52. The number of nitrogens with one attached hydrogen (secondary N) is 1. The smallest absolute Gasteiger partial charge is 0.208 e. The summed E-state index contributed by atoms with van der Waals surface area (Å²) in [5, 5.41) is 0. The maximum Gasteiger partial charge on any atom is 0.391 e. The second kappa shape index (κ2) is 8.06. The van der Waals surface area contributed by atoms with Gasteiger partial charge in [-0.3, -0.25) is 0 Å². The summed E-state index contributed by atoms with van der Waals surface area (Å²) in [6, 6.07) is 5.71. The van der Waals surface area contributed by atoms with E-state index in [0.717, 1.165) is 18.4 Å². The molecule has 0 radical (unpaired) electrons. The maximum absolute atomic E-state index is 12.8. The fourth-order valence-electron chi connectivity index (χ4n) is 2.99. The SMILES string of the molecule is O=S(=O)(NC1CCCC(C(F)(F)F)C1)c1ccc(CCCCl)cc1. The zero-order chi connectivity index (χ0) is 17.8. The molecule has 0 aliphatic heterocycles. The number of benzene rings is 1. The topological polar surface area (TPSA) is 46.2 Å². The second-order valence-electron chi connectivity index (χ2n) is 6.16. The van der Waals surface area contributed by atoms with Crippen LogP contribution in [0.15, 0.2) is 29.2 Å². The molecule has 24 heavy (non-hydrogen) atoms. The predicted molar refractivity (Wildman–Crippen MR) is 87.6 cm³/mol. The number of hydrogen-bond donors (Lipinski definition) is 1. The number of alkyl halides is 4. The molecular weight excluding hydrogens is 363 g/mol. The van der Waals surface area contributed by atoms with Gasteiger partial charge >= 0.3 is 6.18 Å². The molecule has 1 aliphatic carbocycles. The monoisotopic (exact) mass is 383 g/mol. The third-order valence-corrected chi connectivity index (χ3v) is 6.10. The van der Waals surface area contributed by atoms with Gasteiger partial charge in [0.05, 0.1) is 10.8 Å². The highest BCUT2D eigenvalue weighted by molar-refractivity contribution is 7.89. The van der Waals surface area contributed by atoms with Crippen LogP contribution in [0.5, 0.6) is 0 Å². The van der Waals surface area contributed by atoms with Crippen molar-refractivity contribution in [3.63, 3.8) is 0 Å². The van der Waals surface area contributed by atoms with Crippen molar-refractivity contribution in [1.82, 2.24) is 4.72 Å². The lowest BCUT2D eigenvalue weighted by Gasteiger charge is -2.30. The van der Waals surface area contributed by atoms with Crippen molar-refractivity contribution >= 4 is 21.6 Å². The van der Waals surface area contributed by atoms with Crippen LogP contribution in [0.1, 0.15) is 37.7 Å². The number of rotatable bonds is 6. The van der Waals surface area contributed by atoms with Crippen LogP contribution < -0.4 is 4.72 Å². The summed E-state index contributed by atoms with van der Waals surface area (Å²) in [5.74, 6) is -0.902. The van der Waals surface area contributed by atoms with Gasteiger partial charge in [-0.25, -0.2) is 13.1 Å². The van der Waals surface area contributed by atoms with E-state index in [0.29, 0.717) is 18.7 Å². The van der Waals surface area contributed by atoms with Crippen LogP contribution in [-0.2, 0) is 16.4 Å². The molecule has 0 spiro atoms. The zero-order valence-corrected chi connectivity index (χ0v) is 14.7. The first kappa shape index (κ1) is 19.5. The Morgan fingerprint density at radius 2 is 1.83 bits per heavy atom. The lowest BCUT2D eigenvalue weighted by Crippen LogP contribution is -2.41. The lowest BCUT2D eigenvalue weighted by atomic mass is 9.86. The molecule has 0 saturated heterocycles. The summed E-state index contributed by atoms with van der Waals surface area (Å²) in [5.41, 5.74) is 0.976. The summed E-state index contributed by atoms with van der Waals surface area (Å²) in [4.78, 5) is 0.0752. The zero-order valence-electron chi connectivity index (χ0n) is 13.2. The van der Waals surface area contributed by atoms with Crippen LogP contribution >= 0.6 is 11.6 Å². The minimum Gasteiger partial charge on any atom is -0.208 e. The Labute approximate surface area is 145 Å². The normalized spacial score (nSPS) is 22.5. The van der Waals surface area contributed by atoms with Crippen LogP contribution in [0.2, 0.25) is 0 Å². The van der Waals surface area contributed by atoms with Crippen LogP contribution in [0, 0.1) is 5.92 Å². The van der Waals surface area contributed by atoms with Gasteiger partial charge < -0.3 is 0 Å². The molecule has 0 heterocycles. The van der Waals surface area contributed by atoms with Gasteiger partial charge in [0.15, 0.2) is 0 Å². The number of sulfonamides is 1. The van der Waals surface area contributed by atoms with Gasteiger partial charge in [-0.05, 0) is 49.8 Å². The van der Waals surface area contributed by atoms with Gasteiger partial charge in [-0.2, -0.15) is 13.2 Å². The molecule has 1 fully saturated rings. The van der Waals surface area contributed by atoms with Crippen molar-refractivity contribution in [3.05, 3.63) is 29.8 Å². The molecule has 0 amide bonds. The minimum absolute atomic E-state index is 0.0665. The van der Waals surface area contributed by atoms with Crippen LogP contribution in [0.25, 0.3) is 0 Å². The van der Waals surface area contributed by atoms with Crippen molar-refractivity contribution in [3.8, 4) is 0 Å². The number of halogens is 4. The van der Waals surface area contributed by atoms with Crippen LogP contribution in [0.4, 0.5) is 13.2 Å². The standard InChI is InChI=1S/C16H21ClF3NO2S/c17-10-2-3-12-6-8-15(9-7-12)24(22,23)21-14-5-1-4-13(11-14)16(18,19)20/h6-9,13-14,21H,1-5,10-11H2. The first-order valence-electron chi connectivity index (χ1n) is 7.96. The molecular formula is C16H21ClF3NO2S. The van der Waals surface area contributed by atoms with Gasteiger partial charge in [0.2, 0.25) is 10.0 Å². The first-order chi connectivity index (χ1) is 11.2. The molecule has 2 unspecified atom stereocenters. The number of hydrogen-bond acceptors (Lipinski definition) is 2. The molecule has 136 valence electrons. The predicted octanol–water partition coefficient (Wildman–Crippen LogP) is 4.26. The van der Waals surface area contributed by atoms with Crippen molar-refractivity contribution < 1.29 is 21.6 Å². The molecule has 1 N–H and O–H groups in total. The quantitative estimate of drug-likeness (QED) is 0.746. The van der Waals surface area contributed by atoms with Crippen molar-refractivity contribution in [1.29, 1.82) is 0 Å². The molecule has 3 nitrogen and oxygen atoms in total. The Hall–Kier alpha value is -0.790. The van der Waals surface area contributed by atoms with Crippen molar-refractivity contribution in [2.45, 2.75) is 55.6 Å². The molecule has 0 bridgehead atoms. The first-order valence-corrected chi connectivity index (χ1v) is 9.98. The van der Waals surface area contributed by atoms with E-state index >= 15 is 0 Å². The molecule has 2 rings (SSSR count). The molecule has 1 aliphatic rings. The van der Waals surface area contributed by atoms with E-state index in [1.807, 2.05) is 0 Å². The summed E-state index contributed by atoms with van der Waals surface area (Å²) in [6.07, 6.45) is -2.05. The Bertz CT molecular complexity index is 632. The third kappa shape index (κ3) is 5.36. The highest BCUT2D eigenvalue weighted by Gasteiger charge is 2.42. The van der Waals surface area contributed by atoms with E-state index in [4.69, 9.17) is 11.6 Å². The van der Waals surface area contributed by atoms with E-state index in [1.54, 1.807) is 12.1 Å². The molecule has 0 aromatic heterocycles. The lowest BCUT2D eigenvalue weighted by molar-refractivity contribution is -0.183. The second-order valence-corrected chi connectivity index (χ2v) is 8.25. The molecule has 8 heteroatoms. The Kier molecular flexibility index (Phi) is 6.56. The van der Waals surface area contributed by atoms with Gasteiger partial charge in [-0.1, -0.05) is 18.6 Å². The van der Waals surface area contributed by atoms with Gasteiger partial charge in [0.25, 0.3) is 0 Å². The van der Waals surface area contributed by atoms with E-state index < -0.39 is 28.2 Å². The summed E-state index contributed by atoms with van der Waals surface area (Å²) in [7, 11) is -3.81. The molecule has 1 aromatic rings. The Morgan fingerprint density at radius 1 is 1.17 bits per heavy atom. The summed E-state index contributed by atoms with van der Waals surface area (Å²) in [6.45, 7) is 0. The highest BCUT2D eigenvalue weighted by Crippen LogP contribution is 2.37. The molecule has 1 aromatic carbocycles. The van der Waals surface area contributed by atoms with Crippen molar-refractivity contribution in [2.24, 2.45) is 5.92 Å². The number of aryl methyl sites for hydroxylation is 1. The third-order valence-electron chi connectivity index (χ3n) is 4.29. The fraction of sp³-hybridized carbons (Fsp3) is 0.625. The van der Waals surface area contributed by atoms with E-state index in [2.05, 4.69) is 4.72 Å². The van der Waals surface area contributed by atoms with Crippen molar-refractivity contribution in [2.75, 3.05) is 5.88 Å². The summed E-state index contributed by atoms with van der Waals surface area (Å²) < 4.78 is 65.7. The van der Waals surface area contributed by atoms with Gasteiger partial charge in [-0.15, -0.1) is 11.6 Å². The fourth-order valence-corrected chi connectivity index (χ4v) is 4.40. The van der Waals surface area contributed by atoms with Crippen LogP contribution in [0.3, 0.4) is 0 Å². The molecule has 2 atom stereocenters. The van der Waals surface area contributed by atoms with E-state index in [1.165, 1.54) is 12.1 Å². The summed E-state index contributed by atoms with van der Waals surface area (Å²) >= 11 is 5.62. The Balaban J connectivity index is 2.02. The van der Waals surface area contributed by atoms with E-state index in [-0.39, 0.29) is 17.7 Å². The maximum atomic E-state index is 12.8. The van der Waals surface area contributed by atoms with Gasteiger partial charge in [0, 0.05) is 11.9 Å². The highest BCUT2D eigenvalue weighted by atomic mass is 35.5. The average molecular weight is 384 g/mol. The van der Waals surface area contributed by atoms with Gasteiger partial charge in [0.1, 0.15) is 0 Å². The Morgan fingerprint density at radius 3 is 2.42 bits per heavy atom. The largest absolute Gasteiger partial charge is 0.391 e. The molecule has 1 saturated carbocycles. The van der Waals surface area contributed by atoms with E-state index in [9.17, 15) is 21.6 Å². The van der Waals surface area contributed by atoms with Crippen LogP contribution in [-0.4, -0.2) is 26.5 Å². The minimum atomic E-state index is -4.27.